The van der Waals surface area contributed by atoms with Crippen LogP contribution in [0.5, 0.6) is 0 Å². The van der Waals surface area contributed by atoms with E-state index in [0.717, 1.165) is 19.4 Å². The van der Waals surface area contributed by atoms with E-state index in [2.05, 4.69) is 58.8 Å². The van der Waals surface area contributed by atoms with Crippen molar-refractivity contribution in [3.05, 3.63) is 0 Å². The molecule has 1 saturated heterocycles. The van der Waals surface area contributed by atoms with Crippen molar-refractivity contribution in [2.24, 2.45) is 11.3 Å². The number of nitrogens with zero attached hydrogens (tertiary/aromatic N) is 1. The van der Waals surface area contributed by atoms with E-state index in [9.17, 15) is 4.79 Å². The normalized spacial score (nSPS) is 24.6. The van der Waals surface area contributed by atoms with Gasteiger partial charge in [-0.15, -0.1) is 0 Å². The molecule has 0 saturated carbocycles. The third-order valence-corrected chi connectivity index (χ3v) is 5.06. The molecule has 1 aliphatic heterocycles. The first-order chi connectivity index (χ1) is 9.00. The molecule has 0 bridgehead atoms. The van der Waals surface area contributed by atoms with Crippen LogP contribution in [-0.2, 0) is 9.53 Å². The summed E-state index contributed by atoms with van der Waals surface area (Å²) in [6.45, 7) is 14.2. The number of nitrogens with one attached hydrogen (secondary N) is 1. The molecule has 2 unspecified atom stereocenters. The molecule has 0 aromatic carbocycles. The molecular weight excluding hydrogens is 252 g/mol. The molecule has 0 spiro atoms. The number of esters is 1. The van der Waals surface area contributed by atoms with E-state index in [1.165, 1.54) is 7.11 Å². The molecule has 1 heterocycles. The van der Waals surface area contributed by atoms with Crippen molar-refractivity contribution in [1.29, 1.82) is 0 Å². The highest BCUT2D eigenvalue weighted by Gasteiger charge is 2.49. The number of methoxy groups -OCH3 is 1. The van der Waals surface area contributed by atoms with Crippen LogP contribution in [0.25, 0.3) is 0 Å². The van der Waals surface area contributed by atoms with Crippen molar-refractivity contribution in [1.82, 2.24) is 10.2 Å². The second kappa shape index (κ2) is 5.64. The molecule has 20 heavy (non-hydrogen) atoms. The van der Waals surface area contributed by atoms with Crippen LogP contribution in [0.2, 0.25) is 0 Å². The van der Waals surface area contributed by atoms with Gasteiger partial charge in [0.15, 0.2) is 0 Å². The van der Waals surface area contributed by atoms with E-state index in [0.29, 0.717) is 0 Å². The molecular formula is C16H32N2O2. The Bertz CT molecular complexity index is 359. The fourth-order valence-electron chi connectivity index (χ4n) is 3.57. The van der Waals surface area contributed by atoms with E-state index in [1.54, 1.807) is 0 Å². The molecule has 1 rings (SSSR count). The molecule has 0 aromatic rings. The van der Waals surface area contributed by atoms with Gasteiger partial charge in [0, 0.05) is 12.1 Å². The van der Waals surface area contributed by atoms with E-state index in [1.807, 2.05) is 0 Å². The number of carbonyl (C=O) groups is 1. The quantitative estimate of drug-likeness (QED) is 0.577. The van der Waals surface area contributed by atoms with Crippen LogP contribution < -0.4 is 5.32 Å². The Hall–Kier alpha value is -0.610. The highest BCUT2D eigenvalue weighted by molar-refractivity contribution is 5.73. The maximum absolute atomic E-state index is 12.0. The van der Waals surface area contributed by atoms with Crippen molar-refractivity contribution < 1.29 is 9.53 Å². The molecule has 1 aliphatic rings. The monoisotopic (exact) mass is 284 g/mol. The molecule has 4 heteroatoms. The van der Waals surface area contributed by atoms with Crippen LogP contribution in [0.15, 0.2) is 0 Å². The van der Waals surface area contributed by atoms with Crippen LogP contribution in [0.3, 0.4) is 0 Å². The number of hydrogen-bond donors (Lipinski definition) is 1. The molecule has 0 aliphatic carbocycles. The Morgan fingerprint density at radius 3 is 2.25 bits per heavy atom. The SMILES string of the molecule is CCC(C(=O)OC)C(C)(C)CC(C)(C)N(C)C1(C)CN1. The summed E-state index contributed by atoms with van der Waals surface area (Å²) in [4.78, 5) is 14.4. The van der Waals surface area contributed by atoms with Crippen molar-refractivity contribution in [3.63, 3.8) is 0 Å². The Labute approximate surface area is 124 Å². The molecule has 0 aromatic heterocycles. The number of ether oxygens (including phenoxy) is 1. The summed E-state index contributed by atoms with van der Waals surface area (Å²) in [6.07, 6.45) is 1.76. The molecule has 1 fully saturated rings. The van der Waals surface area contributed by atoms with E-state index >= 15 is 0 Å². The number of likely N-dealkylation sites (N-methyl/N-ethyl adjacent to an activating group) is 1. The fourth-order valence-corrected chi connectivity index (χ4v) is 3.57. The third kappa shape index (κ3) is 3.53. The Kier molecular flexibility index (Phi) is 4.92. The standard InChI is InChI=1S/C16H32N2O2/c1-9-12(13(19)20-8)14(2,3)10-15(4,5)18(7)16(6)11-17-16/h12,17H,9-11H2,1-8H3. The summed E-state index contributed by atoms with van der Waals surface area (Å²) in [5.41, 5.74) is 0.0284. The van der Waals surface area contributed by atoms with E-state index in [-0.39, 0.29) is 28.5 Å². The Morgan fingerprint density at radius 2 is 1.90 bits per heavy atom. The first-order valence-corrected chi connectivity index (χ1v) is 7.57. The van der Waals surface area contributed by atoms with Crippen LogP contribution in [0.1, 0.15) is 54.4 Å². The summed E-state index contributed by atoms with van der Waals surface area (Å²) in [5, 5.41) is 3.41. The number of rotatable bonds is 7. The van der Waals surface area contributed by atoms with Gasteiger partial charge in [0.1, 0.15) is 0 Å². The van der Waals surface area contributed by atoms with Crippen molar-refractivity contribution in [2.45, 2.75) is 65.6 Å². The van der Waals surface area contributed by atoms with Gasteiger partial charge >= 0.3 is 5.97 Å². The van der Waals surface area contributed by atoms with Crippen LogP contribution in [0, 0.1) is 11.3 Å². The average molecular weight is 284 g/mol. The van der Waals surface area contributed by atoms with Crippen molar-refractivity contribution >= 4 is 5.97 Å². The summed E-state index contributed by atoms with van der Waals surface area (Å²) in [5.74, 6) is -0.146. The largest absolute Gasteiger partial charge is 0.469 e. The predicted molar refractivity (Wildman–Crippen MR) is 82.4 cm³/mol. The molecule has 118 valence electrons. The van der Waals surface area contributed by atoms with Crippen LogP contribution in [-0.4, -0.2) is 42.8 Å². The van der Waals surface area contributed by atoms with Gasteiger partial charge < -0.3 is 4.74 Å². The number of hydrogen-bond acceptors (Lipinski definition) is 4. The van der Waals surface area contributed by atoms with E-state index < -0.39 is 0 Å². The van der Waals surface area contributed by atoms with Gasteiger partial charge in [-0.3, -0.25) is 15.0 Å². The first-order valence-electron chi connectivity index (χ1n) is 7.57. The van der Waals surface area contributed by atoms with Gasteiger partial charge in [-0.2, -0.15) is 0 Å². The summed E-state index contributed by atoms with van der Waals surface area (Å²) >= 11 is 0. The van der Waals surface area contributed by atoms with Gasteiger partial charge in [-0.05, 0) is 46.1 Å². The number of carbonyl (C=O) groups excluding carboxylic acids is 1. The lowest BCUT2D eigenvalue weighted by Crippen LogP contribution is -2.53. The van der Waals surface area contributed by atoms with Gasteiger partial charge in [0.05, 0.1) is 18.7 Å². The second-order valence-electron chi connectivity index (χ2n) is 7.65. The first kappa shape index (κ1) is 17.4. The average Bonchev–Trinajstić information content (AvgIpc) is 3.06. The highest BCUT2D eigenvalue weighted by Crippen LogP contribution is 2.42. The van der Waals surface area contributed by atoms with Gasteiger partial charge in [0.2, 0.25) is 0 Å². The lowest BCUT2D eigenvalue weighted by atomic mass is 9.69. The van der Waals surface area contributed by atoms with Gasteiger partial charge in [0.25, 0.3) is 0 Å². The molecule has 1 N–H and O–H groups in total. The second-order valence-corrected chi connectivity index (χ2v) is 7.65. The molecule has 4 nitrogen and oxygen atoms in total. The fraction of sp³-hybridized carbons (Fsp3) is 0.938. The van der Waals surface area contributed by atoms with Gasteiger partial charge in [-0.1, -0.05) is 20.8 Å². The van der Waals surface area contributed by atoms with Gasteiger partial charge in [-0.25, -0.2) is 0 Å². The maximum Gasteiger partial charge on any atom is 0.309 e. The minimum absolute atomic E-state index is 0.0171. The lowest BCUT2D eigenvalue weighted by Gasteiger charge is -2.45. The minimum atomic E-state index is -0.0924. The highest BCUT2D eigenvalue weighted by atomic mass is 16.5. The Balaban J connectivity index is 2.84. The molecule has 2 atom stereocenters. The van der Waals surface area contributed by atoms with E-state index in [4.69, 9.17) is 4.74 Å². The molecule has 0 amide bonds. The Morgan fingerprint density at radius 1 is 1.40 bits per heavy atom. The third-order valence-electron chi connectivity index (χ3n) is 5.06. The van der Waals surface area contributed by atoms with Crippen molar-refractivity contribution in [2.75, 3.05) is 20.7 Å². The van der Waals surface area contributed by atoms with Crippen LogP contribution in [0.4, 0.5) is 0 Å². The van der Waals surface area contributed by atoms with Crippen molar-refractivity contribution in [3.8, 4) is 0 Å². The van der Waals surface area contributed by atoms with Crippen LogP contribution >= 0.6 is 0 Å². The summed E-state index contributed by atoms with van der Waals surface area (Å²) in [7, 11) is 3.64. The zero-order valence-electron chi connectivity index (χ0n) is 14.5. The predicted octanol–water partition coefficient (Wildman–Crippen LogP) is 2.63. The smallest absolute Gasteiger partial charge is 0.309 e. The molecule has 0 radical (unpaired) electrons. The minimum Gasteiger partial charge on any atom is -0.469 e. The summed E-state index contributed by atoms with van der Waals surface area (Å²) < 4.78 is 4.98. The zero-order valence-corrected chi connectivity index (χ0v) is 14.5. The zero-order chi connectivity index (χ0) is 15.8. The topological polar surface area (TPSA) is 51.5 Å². The summed E-state index contributed by atoms with van der Waals surface area (Å²) in [6, 6.07) is 0. The maximum atomic E-state index is 12.0. The lowest BCUT2D eigenvalue weighted by molar-refractivity contribution is -0.151.